The molecule has 1 aromatic carbocycles. The number of halogens is 1. The van der Waals surface area contributed by atoms with Gasteiger partial charge >= 0.3 is 5.69 Å². The van der Waals surface area contributed by atoms with Crippen molar-refractivity contribution in [1.82, 2.24) is 14.9 Å². The number of anilines is 1. The molecular weight excluding hydrogens is 275 g/mol. The number of piperazine rings is 1. The molecule has 2 heterocycles. The first-order valence-electron chi connectivity index (χ1n) is 6.73. The van der Waals surface area contributed by atoms with E-state index in [1.165, 1.54) is 0 Å². The zero-order chi connectivity index (χ0) is 14.8. The second-order valence-corrected chi connectivity index (χ2v) is 4.86. The highest BCUT2D eigenvalue weighted by atomic mass is 19.1. The van der Waals surface area contributed by atoms with Gasteiger partial charge in [0.05, 0.1) is 11.9 Å². The average Bonchev–Trinajstić information content (AvgIpc) is 2.52. The van der Waals surface area contributed by atoms with Crippen LogP contribution < -0.4 is 21.5 Å². The second kappa shape index (κ2) is 5.53. The molecule has 0 saturated carbocycles. The Balaban J connectivity index is 1.92. The van der Waals surface area contributed by atoms with Gasteiger partial charge in [0.25, 0.3) is 5.56 Å². The summed E-state index contributed by atoms with van der Waals surface area (Å²) < 4.78 is 14.4. The molecule has 0 spiro atoms. The summed E-state index contributed by atoms with van der Waals surface area (Å²) in [6.45, 7) is 3.72. The molecule has 1 saturated heterocycles. The van der Waals surface area contributed by atoms with Crippen molar-refractivity contribution in [2.45, 2.75) is 0 Å². The van der Waals surface area contributed by atoms with Crippen LogP contribution in [0.4, 0.5) is 10.1 Å². The number of hydrogen-bond donors (Lipinski definition) is 2. The molecule has 0 amide bonds. The highest BCUT2D eigenvalue weighted by Gasteiger charge is 2.11. The Morgan fingerprint density at radius 2 is 1.62 bits per heavy atom. The van der Waals surface area contributed by atoms with Crippen LogP contribution in [0.25, 0.3) is 5.69 Å². The maximum Gasteiger partial charge on any atom is 0.333 e. The lowest BCUT2D eigenvalue weighted by atomic mass is 10.2. The average molecular weight is 290 g/mol. The molecule has 6 nitrogen and oxygen atoms in total. The topological polar surface area (TPSA) is 70.1 Å². The minimum absolute atomic E-state index is 0.508. The standard InChI is InChI=1S/C14H15FN4O2/c15-12-9-19(14(21)17-13(12)20)11-3-1-10(2-4-11)18-7-5-16-6-8-18/h1-4,9,16H,5-8H2,(H,17,20,21). The van der Waals surface area contributed by atoms with Gasteiger partial charge in [-0.1, -0.05) is 0 Å². The first-order chi connectivity index (χ1) is 10.1. The predicted molar refractivity (Wildman–Crippen MR) is 77.7 cm³/mol. The molecule has 0 radical (unpaired) electrons. The molecule has 110 valence electrons. The van der Waals surface area contributed by atoms with E-state index >= 15 is 0 Å². The van der Waals surface area contributed by atoms with Gasteiger partial charge < -0.3 is 10.2 Å². The van der Waals surface area contributed by atoms with Gasteiger partial charge in [0.1, 0.15) is 0 Å². The van der Waals surface area contributed by atoms with E-state index in [0.29, 0.717) is 5.69 Å². The Bertz CT molecular complexity index is 745. The summed E-state index contributed by atoms with van der Waals surface area (Å²) in [5.74, 6) is -0.985. The van der Waals surface area contributed by atoms with Gasteiger partial charge in [-0.15, -0.1) is 0 Å². The number of nitrogens with zero attached hydrogens (tertiary/aromatic N) is 2. The molecule has 0 atom stereocenters. The maximum atomic E-state index is 13.3. The van der Waals surface area contributed by atoms with E-state index in [0.717, 1.165) is 42.6 Å². The molecule has 0 bridgehead atoms. The van der Waals surface area contributed by atoms with E-state index in [9.17, 15) is 14.0 Å². The predicted octanol–water partition coefficient (Wildman–Crippen LogP) is 0.0745. The van der Waals surface area contributed by atoms with Crippen LogP contribution >= 0.6 is 0 Å². The number of aromatic amines is 1. The largest absolute Gasteiger partial charge is 0.369 e. The number of H-pyrrole nitrogens is 1. The Labute approximate surface area is 119 Å². The second-order valence-electron chi connectivity index (χ2n) is 4.86. The molecule has 1 fully saturated rings. The van der Waals surface area contributed by atoms with Gasteiger partial charge in [0, 0.05) is 31.9 Å². The lowest BCUT2D eigenvalue weighted by Gasteiger charge is -2.29. The third kappa shape index (κ3) is 2.73. The van der Waals surface area contributed by atoms with Gasteiger partial charge in [-0.25, -0.2) is 4.79 Å². The third-order valence-electron chi connectivity index (χ3n) is 3.51. The Morgan fingerprint density at radius 1 is 1.00 bits per heavy atom. The highest BCUT2D eigenvalue weighted by Crippen LogP contribution is 2.17. The fraction of sp³-hybridized carbons (Fsp3) is 0.286. The summed E-state index contributed by atoms with van der Waals surface area (Å²) in [5.41, 5.74) is -0.0998. The first kappa shape index (κ1) is 13.6. The van der Waals surface area contributed by atoms with E-state index in [2.05, 4.69) is 10.2 Å². The number of hydrogen-bond acceptors (Lipinski definition) is 4. The van der Waals surface area contributed by atoms with E-state index in [1.807, 2.05) is 17.1 Å². The smallest absolute Gasteiger partial charge is 0.333 e. The zero-order valence-electron chi connectivity index (χ0n) is 11.3. The molecule has 3 rings (SSSR count). The summed E-state index contributed by atoms with van der Waals surface area (Å²) in [6.07, 6.45) is 0.904. The maximum absolute atomic E-state index is 13.3. The number of rotatable bonds is 2. The van der Waals surface area contributed by atoms with E-state index in [4.69, 9.17) is 0 Å². The Hall–Kier alpha value is -2.41. The van der Waals surface area contributed by atoms with Crippen molar-refractivity contribution in [3.05, 3.63) is 57.1 Å². The van der Waals surface area contributed by atoms with Gasteiger partial charge in [0.15, 0.2) is 0 Å². The van der Waals surface area contributed by atoms with Crippen molar-refractivity contribution in [3.63, 3.8) is 0 Å². The minimum atomic E-state index is -1.01. The van der Waals surface area contributed by atoms with Crippen LogP contribution in [0.15, 0.2) is 40.1 Å². The van der Waals surface area contributed by atoms with E-state index in [1.54, 1.807) is 12.1 Å². The monoisotopic (exact) mass is 290 g/mol. The third-order valence-corrected chi connectivity index (χ3v) is 3.51. The summed E-state index contributed by atoms with van der Waals surface area (Å²) >= 11 is 0. The van der Waals surface area contributed by atoms with Crippen LogP contribution in [0.3, 0.4) is 0 Å². The number of nitrogens with one attached hydrogen (secondary N) is 2. The molecular formula is C14H15FN4O2. The fourth-order valence-corrected chi connectivity index (χ4v) is 2.39. The van der Waals surface area contributed by atoms with Crippen LogP contribution in [0.1, 0.15) is 0 Å². The van der Waals surface area contributed by atoms with E-state index < -0.39 is 17.1 Å². The van der Waals surface area contributed by atoms with Crippen molar-refractivity contribution in [1.29, 1.82) is 0 Å². The number of benzene rings is 1. The van der Waals surface area contributed by atoms with Crippen LogP contribution in [0.5, 0.6) is 0 Å². The molecule has 0 unspecified atom stereocenters. The van der Waals surface area contributed by atoms with Crippen LogP contribution in [0.2, 0.25) is 0 Å². The molecule has 1 aliphatic heterocycles. The van der Waals surface area contributed by atoms with Gasteiger partial charge in [-0.3, -0.25) is 14.3 Å². The molecule has 1 aliphatic rings. The SMILES string of the molecule is O=c1[nH]c(=O)n(-c2ccc(N3CCNCC3)cc2)cc1F. The van der Waals surface area contributed by atoms with Gasteiger partial charge in [-0.05, 0) is 24.3 Å². The fourth-order valence-electron chi connectivity index (χ4n) is 2.39. The molecule has 21 heavy (non-hydrogen) atoms. The molecule has 0 aliphatic carbocycles. The van der Waals surface area contributed by atoms with Crippen molar-refractivity contribution in [3.8, 4) is 5.69 Å². The first-order valence-corrected chi connectivity index (χ1v) is 6.73. The summed E-state index contributed by atoms with van der Waals surface area (Å²) in [7, 11) is 0. The van der Waals surface area contributed by atoms with Crippen LogP contribution in [-0.2, 0) is 0 Å². The molecule has 1 aromatic heterocycles. The lowest BCUT2D eigenvalue weighted by Crippen LogP contribution is -2.43. The summed E-state index contributed by atoms with van der Waals surface area (Å²) in [4.78, 5) is 26.9. The van der Waals surface area contributed by atoms with Gasteiger partial charge in [-0.2, -0.15) is 4.39 Å². The van der Waals surface area contributed by atoms with Crippen LogP contribution in [-0.4, -0.2) is 35.7 Å². The molecule has 7 heteroatoms. The van der Waals surface area contributed by atoms with Crippen molar-refractivity contribution < 1.29 is 4.39 Å². The highest BCUT2D eigenvalue weighted by molar-refractivity contribution is 5.51. The zero-order valence-corrected chi connectivity index (χ0v) is 11.3. The van der Waals surface area contributed by atoms with Crippen molar-refractivity contribution >= 4 is 5.69 Å². The number of aromatic nitrogens is 2. The minimum Gasteiger partial charge on any atom is -0.369 e. The van der Waals surface area contributed by atoms with E-state index in [-0.39, 0.29) is 0 Å². The van der Waals surface area contributed by atoms with Crippen LogP contribution in [0, 0.1) is 5.82 Å². The quantitative estimate of drug-likeness (QED) is 0.821. The van der Waals surface area contributed by atoms with Crippen molar-refractivity contribution in [2.75, 3.05) is 31.1 Å². The molecule has 2 aromatic rings. The van der Waals surface area contributed by atoms with Crippen molar-refractivity contribution in [2.24, 2.45) is 0 Å². The normalized spacial score (nSPS) is 15.2. The summed E-state index contributed by atoms with van der Waals surface area (Å²) in [5, 5.41) is 3.28. The lowest BCUT2D eigenvalue weighted by molar-refractivity contribution is 0.586. The Kier molecular flexibility index (Phi) is 3.57. The Morgan fingerprint density at radius 3 is 2.29 bits per heavy atom. The summed E-state index contributed by atoms with van der Waals surface area (Å²) in [6, 6.07) is 7.24. The van der Waals surface area contributed by atoms with Gasteiger partial charge in [0.2, 0.25) is 5.82 Å². The molecule has 2 N–H and O–H groups in total.